The first-order chi connectivity index (χ1) is 14.2. The first-order valence-electron chi connectivity index (χ1n) is 11.0. The Labute approximate surface area is 180 Å². The minimum absolute atomic E-state index is 0.00618. The average Bonchev–Trinajstić information content (AvgIpc) is 2.71. The third kappa shape index (κ3) is 5.10. The maximum atomic E-state index is 13.1. The van der Waals surface area contributed by atoms with Crippen molar-refractivity contribution >= 4 is 11.8 Å². The Balaban J connectivity index is 1.70. The third-order valence-corrected chi connectivity index (χ3v) is 5.93. The molecule has 0 saturated heterocycles. The normalized spacial score (nSPS) is 17.2. The van der Waals surface area contributed by atoms with Gasteiger partial charge in [0, 0.05) is 5.56 Å². The van der Waals surface area contributed by atoms with Gasteiger partial charge in [0.15, 0.2) is 0 Å². The molecule has 0 fully saturated rings. The van der Waals surface area contributed by atoms with Crippen LogP contribution in [0.1, 0.15) is 80.6 Å². The Bertz CT molecular complexity index is 894. The van der Waals surface area contributed by atoms with E-state index in [1.165, 1.54) is 16.7 Å². The Morgan fingerprint density at radius 2 is 1.67 bits per heavy atom. The fraction of sp³-hybridized carbons (Fsp3) is 0.462. The van der Waals surface area contributed by atoms with Crippen LogP contribution in [0.4, 0.5) is 0 Å². The lowest BCUT2D eigenvalue weighted by atomic mass is 9.86. The van der Waals surface area contributed by atoms with Crippen LogP contribution in [0.15, 0.2) is 48.5 Å². The summed E-state index contributed by atoms with van der Waals surface area (Å²) in [5.41, 5.74) is 4.28. The van der Waals surface area contributed by atoms with E-state index in [1.54, 1.807) is 0 Å². The molecule has 0 aliphatic heterocycles. The number of fused-ring (bicyclic) bond motifs is 1. The summed E-state index contributed by atoms with van der Waals surface area (Å²) in [6.45, 7) is 10.4. The van der Waals surface area contributed by atoms with Crippen molar-refractivity contribution in [1.82, 2.24) is 10.6 Å². The molecule has 0 radical (unpaired) electrons. The van der Waals surface area contributed by atoms with Gasteiger partial charge in [-0.2, -0.15) is 0 Å². The molecule has 30 heavy (non-hydrogen) atoms. The van der Waals surface area contributed by atoms with Crippen molar-refractivity contribution in [3.05, 3.63) is 70.8 Å². The zero-order chi connectivity index (χ0) is 21.9. The Hall–Kier alpha value is -2.62. The van der Waals surface area contributed by atoms with Crippen LogP contribution >= 0.6 is 0 Å². The fourth-order valence-corrected chi connectivity index (χ4v) is 4.05. The Morgan fingerprint density at radius 1 is 1.00 bits per heavy atom. The van der Waals surface area contributed by atoms with Gasteiger partial charge in [0.1, 0.15) is 6.04 Å². The van der Waals surface area contributed by atoms with Gasteiger partial charge in [-0.25, -0.2) is 0 Å². The van der Waals surface area contributed by atoms with Crippen molar-refractivity contribution in [2.75, 3.05) is 0 Å². The lowest BCUT2D eigenvalue weighted by Crippen LogP contribution is -2.50. The number of carbonyl (C=O) groups is 2. The molecule has 0 spiro atoms. The smallest absolute Gasteiger partial charge is 0.251 e. The monoisotopic (exact) mass is 406 g/mol. The predicted molar refractivity (Wildman–Crippen MR) is 121 cm³/mol. The molecule has 0 heterocycles. The van der Waals surface area contributed by atoms with Crippen LogP contribution in [0, 0.1) is 5.92 Å². The molecule has 4 heteroatoms. The summed E-state index contributed by atoms with van der Waals surface area (Å²) in [6.07, 6.45) is 3.04. The zero-order valence-corrected chi connectivity index (χ0v) is 18.8. The molecule has 2 atom stereocenters. The molecule has 4 nitrogen and oxygen atoms in total. The van der Waals surface area contributed by atoms with E-state index in [4.69, 9.17) is 0 Å². The second-order valence-electron chi connectivity index (χ2n) is 9.67. The Kier molecular flexibility index (Phi) is 6.64. The number of nitrogens with one attached hydrogen (secondary N) is 2. The summed E-state index contributed by atoms with van der Waals surface area (Å²) >= 11 is 0. The lowest BCUT2D eigenvalue weighted by molar-refractivity contribution is -0.124. The number of amides is 2. The molecule has 2 aromatic rings. The van der Waals surface area contributed by atoms with Crippen molar-refractivity contribution in [1.29, 1.82) is 0 Å². The molecular weight excluding hydrogens is 372 g/mol. The van der Waals surface area contributed by atoms with Crippen molar-refractivity contribution in [3.8, 4) is 0 Å². The Morgan fingerprint density at radius 3 is 2.30 bits per heavy atom. The van der Waals surface area contributed by atoms with Crippen LogP contribution in [-0.4, -0.2) is 17.9 Å². The summed E-state index contributed by atoms with van der Waals surface area (Å²) in [5.74, 6) is -0.346. The largest absolute Gasteiger partial charge is 0.347 e. The van der Waals surface area contributed by atoms with E-state index in [2.05, 4.69) is 43.5 Å². The van der Waals surface area contributed by atoms with Gasteiger partial charge in [0.05, 0.1) is 6.04 Å². The van der Waals surface area contributed by atoms with Gasteiger partial charge >= 0.3 is 0 Å². The van der Waals surface area contributed by atoms with Crippen molar-refractivity contribution < 1.29 is 9.59 Å². The lowest BCUT2D eigenvalue weighted by Gasteiger charge is -2.29. The molecule has 1 aliphatic rings. The highest BCUT2D eigenvalue weighted by molar-refractivity contribution is 5.97. The first-order valence-corrected chi connectivity index (χ1v) is 11.0. The molecule has 2 N–H and O–H groups in total. The molecule has 160 valence electrons. The second-order valence-corrected chi connectivity index (χ2v) is 9.67. The number of benzene rings is 2. The standard InChI is InChI=1S/C26H34N2O2/c1-17(2)23(28-24(29)19-13-15-20(16-14-19)26(3,4)5)25(30)27-22-12-8-10-18-9-6-7-11-21(18)22/h6-7,9,11,13-17,22-23H,8,10,12H2,1-5H3,(H,27,30)(H,28,29). The third-order valence-electron chi connectivity index (χ3n) is 5.93. The van der Waals surface area contributed by atoms with Gasteiger partial charge in [0.2, 0.25) is 5.91 Å². The van der Waals surface area contributed by atoms with Gasteiger partial charge in [-0.05, 0) is 59.4 Å². The SMILES string of the molecule is CC(C)C(NC(=O)c1ccc(C(C)(C)C)cc1)C(=O)NC1CCCc2ccccc21. The van der Waals surface area contributed by atoms with Crippen LogP contribution < -0.4 is 10.6 Å². The van der Waals surface area contributed by atoms with Gasteiger partial charge in [-0.1, -0.05) is 71.0 Å². The molecule has 2 unspecified atom stereocenters. The van der Waals surface area contributed by atoms with Crippen LogP contribution in [0.3, 0.4) is 0 Å². The quantitative estimate of drug-likeness (QED) is 0.739. The summed E-state index contributed by atoms with van der Waals surface area (Å²) in [5, 5.41) is 6.14. The van der Waals surface area contributed by atoms with E-state index in [0.717, 1.165) is 19.3 Å². The maximum absolute atomic E-state index is 13.1. The molecular formula is C26H34N2O2. The summed E-state index contributed by atoms with van der Waals surface area (Å²) < 4.78 is 0. The minimum Gasteiger partial charge on any atom is -0.347 e. The van der Waals surface area contributed by atoms with E-state index in [-0.39, 0.29) is 29.2 Å². The molecule has 0 saturated carbocycles. The zero-order valence-electron chi connectivity index (χ0n) is 18.8. The highest BCUT2D eigenvalue weighted by Gasteiger charge is 2.29. The molecule has 3 rings (SSSR count). The molecule has 0 bridgehead atoms. The second kappa shape index (κ2) is 9.03. The van der Waals surface area contributed by atoms with Crippen molar-refractivity contribution in [3.63, 3.8) is 0 Å². The maximum Gasteiger partial charge on any atom is 0.251 e. The van der Waals surface area contributed by atoms with Crippen LogP contribution in [0.5, 0.6) is 0 Å². The van der Waals surface area contributed by atoms with E-state index < -0.39 is 6.04 Å². The number of hydrogen-bond donors (Lipinski definition) is 2. The average molecular weight is 407 g/mol. The van der Waals surface area contributed by atoms with E-state index in [1.807, 2.05) is 50.2 Å². The van der Waals surface area contributed by atoms with Gasteiger partial charge in [0.25, 0.3) is 5.91 Å². The van der Waals surface area contributed by atoms with Crippen LogP contribution in [0.25, 0.3) is 0 Å². The van der Waals surface area contributed by atoms with E-state index in [0.29, 0.717) is 5.56 Å². The van der Waals surface area contributed by atoms with E-state index in [9.17, 15) is 9.59 Å². The highest BCUT2D eigenvalue weighted by atomic mass is 16.2. The summed E-state index contributed by atoms with van der Waals surface area (Å²) in [6, 6.07) is 15.4. The van der Waals surface area contributed by atoms with Gasteiger partial charge in [-0.15, -0.1) is 0 Å². The van der Waals surface area contributed by atoms with Crippen LogP contribution in [0.2, 0.25) is 0 Å². The molecule has 1 aliphatic carbocycles. The topological polar surface area (TPSA) is 58.2 Å². The predicted octanol–water partition coefficient (Wildman–Crippen LogP) is 4.93. The first kappa shape index (κ1) is 22.1. The number of aryl methyl sites for hydroxylation is 1. The molecule has 0 aromatic heterocycles. The van der Waals surface area contributed by atoms with Gasteiger partial charge < -0.3 is 10.6 Å². The minimum atomic E-state index is -0.575. The fourth-order valence-electron chi connectivity index (χ4n) is 4.05. The van der Waals surface area contributed by atoms with E-state index >= 15 is 0 Å². The number of rotatable bonds is 5. The summed E-state index contributed by atoms with van der Waals surface area (Å²) in [4.78, 5) is 25.9. The van der Waals surface area contributed by atoms with Crippen molar-refractivity contribution in [2.24, 2.45) is 5.92 Å². The van der Waals surface area contributed by atoms with Crippen LogP contribution in [-0.2, 0) is 16.6 Å². The van der Waals surface area contributed by atoms with Gasteiger partial charge in [-0.3, -0.25) is 9.59 Å². The highest BCUT2D eigenvalue weighted by Crippen LogP contribution is 2.29. The molecule has 2 aromatic carbocycles. The summed E-state index contributed by atoms with van der Waals surface area (Å²) in [7, 11) is 0. The molecule has 2 amide bonds. The van der Waals surface area contributed by atoms with Crippen molar-refractivity contribution in [2.45, 2.75) is 71.4 Å². The number of hydrogen-bond acceptors (Lipinski definition) is 2. The number of carbonyl (C=O) groups excluding carboxylic acids is 2.